The molecule has 0 aliphatic heterocycles. The van der Waals surface area contributed by atoms with E-state index in [4.69, 9.17) is 4.74 Å². The summed E-state index contributed by atoms with van der Waals surface area (Å²) < 4.78 is 7.18. The summed E-state index contributed by atoms with van der Waals surface area (Å²) >= 11 is 0. The first kappa shape index (κ1) is 13.1. The third-order valence-corrected chi connectivity index (χ3v) is 3.11. The van der Waals surface area contributed by atoms with Gasteiger partial charge in [0.2, 0.25) is 0 Å². The molecule has 18 heavy (non-hydrogen) atoms. The predicted molar refractivity (Wildman–Crippen MR) is 73.8 cm³/mol. The van der Waals surface area contributed by atoms with Gasteiger partial charge in [-0.05, 0) is 25.1 Å². The van der Waals surface area contributed by atoms with Gasteiger partial charge in [-0.1, -0.05) is 12.1 Å². The van der Waals surface area contributed by atoms with Crippen LogP contribution in [0.2, 0.25) is 0 Å². The summed E-state index contributed by atoms with van der Waals surface area (Å²) in [5.74, 6) is 1.13. The molecule has 1 N–H and O–H groups in total. The highest BCUT2D eigenvalue weighted by Crippen LogP contribution is 2.14. The van der Waals surface area contributed by atoms with Crippen molar-refractivity contribution in [3.63, 3.8) is 0 Å². The minimum atomic E-state index is 0.819. The number of benzene rings is 1. The Morgan fingerprint density at radius 3 is 2.89 bits per heavy atom. The van der Waals surface area contributed by atoms with Gasteiger partial charge in [0.1, 0.15) is 5.82 Å². The second-order valence-corrected chi connectivity index (χ2v) is 4.42. The molecule has 0 unspecified atom stereocenters. The van der Waals surface area contributed by atoms with E-state index < -0.39 is 0 Å². The van der Waals surface area contributed by atoms with Crippen molar-refractivity contribution in [3.8, 4) is 0 Å². The molecule has 4 heteroatoms. The molecule has 0 fully saturated rings. The first-order valence-electron chi connectivity index (χ1n) is 6.43. The zero-order valence-electron chi connectivity index (χ0n) is 11.1. The third-order valence-electron chi connectivity index (χ3n) is 3.11. The quantitative estimate of drug-likeness (QED) is 0.758. The van der Waals surface area contributed by atoms with Crippen molar-refractivity contribution in [2.24, 2.45) is 7.05 Å². The van der Waals surface area contributed by atoms with Crippen molar-refractivity contribution in [3.05, 3.63) is 30.1 Å². The van der Waals surface area contributed by atoms with E-state index in [-0.39, 0.29) is 0 Å². The number of fused-ring (bicyclic) bond motifs is 1. The Balaban J connectivity index is 1.86. The minimum Gasteiger partial charge on any atom is -0.385 e. The van der Waals surface area contributed by atoms with E-state index in [2.05, 4.69) is 40.1 Å². The molecule has 1 heterocycles. The van der Waals surface area contributed by atoms with Crippen LogP contribution in [-0.2, 0) is 18.2 Å². The van der Waals surface area contributed by atoms with Gasteiger partial charge in [-0.2, -0.15) is 0 Å². The van der Waals surface area contributed by atoms with Crippen molar-refractivity contribution >= 4 is 11.0 Å². The van der Waals surface area contributed by atoms with Crippen LogP contribution in [0.4, 0.5) is 0 Å². The smallest absolute Gasteiger partial charge is 0.110 e. The molecule has 0 saturated heterocycles. The predicted octanol–water partition coefficient (Wildman–Crippen LogP) is 1.74. The lowest BCUT2D eigenvalue weighted by molar-refractivity contribution is 0.194. The molecule has 2 rings (SSSR count). The molecule has 4 nitrogen and oxygen atoms in total. The maximum Gasteiger partial charge on any atom is 0.110 e. The maximum absolute atomic E-state index is 5.01. The summed E-state index contributed by atoms with van der Waals surface area (Å²) in [5, 5.41) is 3.41. The number of imidazole rings is 1. The molecular formula is C14H21N3O. The van der Waals surface area contributed by atoms with Crippen LogP contribution in [0.5, 0.6) is 0 Å². The van der Waals surface area contributed by atoms with Crippen LogP contribution in [0.25, 0.3) is 11.0 Å². The number of nitrogens with zero attached hydrogens (tertiary/aromatic N) is 2. The summed E-state index contributed by atoms with van der Waals surface area (Å²) in [4.78, 5) is 4.64. The molecule has 2 aromatic rings. The number of aryl methyl sites for hydroxylation is 1. The molecule has 98 valence electrons. The van der Waals surface area contributed by atoms with Crippen LogP contribution in [0.3, 0.4) is 0 Å². The molecule has 0 atom stereocenters. The van der Waals surface area contributed by atoms with Crippen molar-refractivity contribution in [1.29, 1.82) is 0 Å². The second-order valence-electron chi connectivity index (χ2n) is 4.42. The van der Waals surface area contributed by atoms with Crippen molar-refractivity contribution in [2.75, 3.05) is 26.8 Å². The number of ether oxygens (including phenoxy) is 1. The van der Waals surface area contributed by atoms with Crippen LogP contribution in [0.1, 0.15) is 12.2 Å². The number of aromatic nitrogens is 2. The highest BCUT2D eigenvalue weighted by atomic mass is 16.5. The number of nitrogens with one attached hydrogen (secondary N) is 1. The van der Waals surface area contributed by atoms with Crippen LogP contribution >= 0.6 is 0 Å². The Morgan fingerprint density at radius 1 is 1.28 bits per heavy atom. The molecule has 0 spiro atoms. The number of methoxy groups -OCH3 is 1. The van der Waals surface area contributed by atoms with E-state index in [9.17, 15) is 0 Å². The molecule has 0 saturated carbocycles. The van der Waals surface area contributed by atoms with Gasteiger partial charge in [0.25, 0.3) is 0 Å². The minimum absolute atomic E-state index is 0.819. The topological polar surface area (TPSA) is 39.1 Å². The standard InChI is InChI=1S/C14H21N3O/c1-17-13-7-4-3-6-12(13)16-14(17)8-10-15-9-5-11-18-2/h3-4,6-7,15H,5,8-11H2,1-2H3. The van der Waals surface area contributed by atoms with E-state index in [1.807, 2.05) is 6.07 Å². The summed E-state index contributed by atoms with van der Waals surface area (Å²) in [6.07, 6.45) is 2.01. The van der Waals surface area contributed by atoms with Gasteiger partial charge >= 0.3 is 0 Å². The highest BCUT2D eigenvalue weighted by Gasteiger charge is 2.05. The molecule has 0 amide bonds. The van der Waals surface area contributed by atoms with E-state index in [0.717, 1.165) is 43.9 Å². The fraction of sp³-hybridized carbons (Fsp3) is 0.500. The molecule has 0 radical (unpaired) electrons. The van der Waals surface area contributed by atoms with E-state index in [1.165, 1.54) is 5.52 Å². The fourth-order valence-electron chi connectivity index (χ4n) is 2.09. The summed E-state index contributed by atoms with van der Waals surface area (Å²) in [5.41, 5.74) is 2.28. The van der Waals surface area contributed by atoms with E-state index in [0.29, 0.717) is 0 Å². The van der Waals surface area contributed by atoms with Crippen LogP contribution in [-0.4, -0.2) is 36.4 Å². The Bertz CT molecular complexity index is 493. The van der Waals surface area contributed by atoms with Crippen molar-refractivity contribution in [1.82, 2.24) is 14.9 Å². The zero-order chi connectivity index (χ0) is 12.8. The lowest BCUT2D eigenvalue weighted by Gasteiger charge is -2.04. The van der Waals surface area contributed by atoms with Gasteiger partial charge in [-0.15, -0.1) is 0 Å². The average molecular weight is 247 g/mol. The van der Waals surface area contributed by atoms with Crippen LogP contribution in [0, 0.1) is 0 Å². The molecule has 0 aliphatic carbocycles. The molecule has 0 aliphatic rings. The van der Waals surface area contributed by atoms with Gasteiger partial charge in [-0.25, -0.2) is 4.98 Å². The highest BCUT2D eigenvalue weighted by molar-refractivity contribution is 5.75. The zero-order valence-corrected chi connectivity index (χ0v) is 11.1. The summed E-state index contributed by atoms with van der Waals surface area (Å²) in [6.45, 7) is 2.78. The Morgan fingerprint density at radius 2 is 2.11 bits per heavy atom. The van der Waals surface area contributed by atoms with Gasteiger partial charge in [0.15, 0.2) is 0 Å². The summed E-state index contributed by atoms with van der Waals surface area (Å²) in [6, 6.07) is 8.25. The third kappa shape index (κ3) is 3.09. The summed E-state index contributed by atoms with van der Waals surface area (Å²) in [7, 11) is 3.81. The molecular weight excluding hydrogens is 226 g/mol. The second kappa shape index (κ2) is 6.52. The number of rotatable bonds is 7. The number of hydrogen-bond donors (Lipinski definition) is 1. The van der Waals surface area contributed by atoms with E-state index >= 15 is 0 Å². The lowest BCUT2D eigenvalue weighted by atomic mass is 10.3. The largest absolute Gasteiger partial charge is 0.385 e. The van der Waals surface area contributed by atoms with Crippen molar-refractivity contribution < 1.29 is 4.74 Å². The average Bonchev–Trinajstić information content (AvgIpc) is 2.71. The van der Waals surface area contributed by atoms with Gasteiger partial charge in [-0.3, -0.25) is 0 Å². The molecule has 1 aromatic carbocycles. The van der Waals surface area contributed by atoms with Gasteiger partial charge in [0.05, 0.1) is 11.0 Å². The van der Waals surface area contributed by atoms with Crippen LogP contribution < -0.4 is 5.32 Å². The monoisotopic (exact) mass is 247 g/mol. The maximum atomic E-state index is 5.01. The number of para-hydroxylation sites is 2. The first-order chi connectivity index (χ1) is 8.83. The fourth-order valence-corrected chi connectivity index (χ4v) is 2.09. The normalized spacial score (nSPS) is 11.2. The van der Waals surface area contributed by atoms with E-state index in [1.54, 1.807) is 7.11 Å². The van der Waals surface area contributed by atoms with Crippen LogP contribution in [0.15, 0.2) is 24.3 Å². The SMILES string of the molecule is COCCCNCCc1nc2ccccc2n1C. The van der Waals surface area contributed by atoms with Gasteiger partial charge in [0, 0.05) is 33.7 Å². The van der Waals surface area contributed by atoms with Crippen molar-refractivity contribution in [2.45, 2.75) is 12.8 Å². The Kier molecular flexibility index (Phi) is 4.73. The first-order valence-corrected chi connectivity index (χ1v) is 6.43. The Labute approximate surface area is 108 Å². The van der Waals surface area contributed by atoms with Gasteiger partial charge < -0.3 is 14.6 Å². The Hall–Kier alpha value is -1.39. The number of hydrogen-bond acceptors (Lipinski definition) is 3. The molecule has 0 bridgehead atoms. The lowest BCUT2D eigenvalue weighted by Crippen LogP contribution is -2.20. The molecule has 1 aromatic heterocycles.